The Hall–Kier alpha value is 0.0400. The topological polar surface area (TPSA) is 26.0 Å². The van der Waals surface area contributed by atoms with Crippen LogP contribution in [0.25, 0.3) is 0 Å². The van der Waals surface area contributed by atoms with Gasteiger partial charge in [0.15, 0.2) is 0 Å². The van der Waals surface area contributed by atoms with Crippen LogP contribution in [0.1, 0.15) is 26.7 Å². The molecule has 0 aromatic carbocycles. The number of nitrogens with two attached hydrogens (primary N) is 1. The Kier molecular flexibility index (Phi) is 6.85. The highest BCUT2D eigenvalue weighted by Crippen LogP contribution is 2.22. The first-order chi connectivity index (χ1) is 4.81. The van der Waals surface area contributed by atoms with Crippen molar-refractivity contribution in [3.8, 4) is 0 Å². The molecule has 0 heterocycles. The predicted molar refractivity (Wildman–Crippen MR) is 45.4 cm³/mol. The minimum absolute atomic E-state index is 0. The highest BCUT2D eigenvalue weighted by atomic mass is 35.5. The molecule has 0 rings (SSSR count). The summed E-state index contributed by atoms with van der Waals surface area (Å²) in [6.45, 7) is 3.71. The fourth-order valence-corrected chi connectivity index (χ4v) is 0.986. The number of hydrogen-bond donors (Lipinski definition) is 1. The zero-order chi connectivity index (χ0) is 9.07. The van der Waals surface area contributed by atoms with E-state index >= 15 is 0 Å². The zero-order valence-electron chi connectivity index (χ0n) is 7.19. The Morgan fingerprint density at radius 1 is 1.25 bits per heavy atom. The summed E-state index contributed by atoms with van der Waals surface area (Å²) in [6, 6.07) is -0.741. The van der Waals surface area contributed by atoms with Crippen LogP contribution in [-0.2, 0) is 0 Å². The molecular formula is C7H15ClF3N. The van der Waals surface area contributed by atoms with Crippen LogP contribution >= 0.6 is 12.4 Å². The smallest absolute Gasteiger partial charge is 0.327 e. The second kappa shape index (κ2) is 5.65. The van der Waals surface area contributed by atoms with Crippen molar-refractivity contribution in [2.45, 2.75) is 38.9 Å². The molecule has 1 unspecified atom stereocenters. The maximum atomic E-state index is 11.7. The van der Waals surface area contributed by atoms with E-state index in [1.807, 2.05) is 13.8 Å². The molecule has 1 atom stereocenters. The van der Waals surface area contributed by atoms with Gasteiger partial charge in [0, 0.05) is 6.04 Å². The van der Waals surface area contributed by atoms with Gasteiger partial charge in [0.05, 0.1) is 6.42 Å². The summed E-state index contributed by atoms with van der Waals surface area (Å²) in [4.78, 5) is 0. The minimum Gasteiger partial charge on any atom is -0.327 e. The summed E-state index contributed by atoms with van der Waals surface area (Å²) in [6.07, 6.45) is -4.56. The van der Waals surface area contributed by atoms with Crippen molar-refractivity contribution in [1.29, 1.82) is 0 Å². The normalized spacial score (nSPS) is 14.2. The van der Waals surface area contributed by atoms with E-state index in [1.165, 1.54) is 0 Å². The Labute approximate surface area is 76.9 Å². The fraction of sp³-hybridized carbons (Fsp3) is 1.00. The van der Waals surface area contributed by atoms with Gasteiger partial charge in [0.2, 0.25) is 0 Å². The highest BCUT2D eigenvalue weighted by molar-refractivity contribution is 5.85. The predicted octanol–water partition coefficient (Wildman–Crippen LogP) is 2.73. The van der Waals surface area contributed by atoms with E-state index in [0.29, 0.717) is 6.42 Å². The van der Waals surface area contributed by atoms with Crippen molar-refractivity contribution in [1.82, 2.24) is 0 Å². The average molecular weight is 206 g/mol. The molecular weight excluding hydrogens is 191 g/mol. The standard InChI is InChI=1S/C7H14F3N.ClH/c1-5(2)3-6(11)4-7(8,9)10;/h5-6H,3-4,11H2,1-2H3;1H. The first kappa shape index (κ1) is 14.6. The number of rotatable bonds is 3. The molecule has 12 heavy (non-hydrogen) atoms. The molecule has 0 aliphatic rings. The molecule has 0 aromatic rings. The molecule has 0 aromatic heterocycles. The SMILES string of the molecule is CC(C)CC(N)CC(F)(F)F.Cl. The summed E-state index contributed by atoms with van der Waals surface area (Å²) in [5, 5.41) is 0. The van der Waals surface area contributed by atoms with Crippen molar-refractivity contribution in [2.24, 2.45) is 11.7 Å². The second-order valence-corrected chi connectivity index (χ2v) is 3.21. The Morgan fingerprint density at radius 3 is 1.92 bits per heavy atom. The van der Waals surface area contributed by atoms with Crippen LogP contribution in [0.15, 0.2) is 0 Å². The maximum Gasteiger partial charge on any atom is 0.390 e. The fourth-order valence-electron chi connectivity index (χ4n) is 0.986. The quantitative estimate of drug-likeness (QED) is 0.754. The molecule has 0 radical (unpaired) electrons. The van der Waals surface area contributed by atoms with Crippen LogP contribution in [0.4, 0.5) is 13.2 Å². The molecule has 76 valence electrons. The van der Waals surface area contributed by atoms with Gasteiger partial charge in [-0.1, -0.05) is 13.8 Å². The maximum absolute atomic E-state index is 11.7. The van der Waals surface area contributed by atoms with Gasteiger partial charge in [0.1, 0.15) is 0 Å². The summed E-state index contributed by atoms with van der Waals surface area (Å²) >= 11 is 0. The van der Waals surface area contributed by atoms with Gasteiger partial charge >= 0.3 is 6.18 Å². The van der Waals surface area contributed by atoms with E-state index in [1.54, 1.807) is 0 Å². The molecule has 5 heteroatoms. The Balaban J connectivity index is 0. The Morgan fingerprint density at radius 2 is 1.67 bits per heavy atom. The molecule has 0 amide bonds. The van der Waals surface area contributed by atoms with Gasteiger partial charge in [-0.2, -0.15) is 13.2 Å². The van der Waals surface area contributed by atoms with Crippen LogP contribution in [0.3, 0.4) is 0 Å². The summed E-state index contributed by atoms with van der Waals surface area (Å²) in [5.74, 6) is 0.229. The molecule has 2 N–H and O–H groups in total. The van der Waals surface area contributed by atoms with Gasteiger partial charge in [0.25, 0.3) is 0 Å². The lowest BCUT2D eigenvalue weighted by Crippen LogP contribution is -2.28. The van der Waals surface area contributed by atoms with Gasteiger partial charge in [-0.15, -0.1) is 12.4 Å². The highest BCUT2D eigenvalue weighted by Gasteiger charge is 2.30. The van der Waals surface area contributed by atoms with Crippen LogP contribution < -0.4 is 5.73 Å². The lowest BCUT2D eigenvalue weighted by Gasteiger charge is -2.15. The minimum atomic E-state index is -4.12. The summed E-state index contributed by atoms with van der Waals surface area (Å²) in [5.41, 5.74) is 5.24. The average Bonchev–Trinajstić information content (AvgIpc) is 1.53. The lowest BCUT2D eigenvalue weighted by atomic mass is 10.0. The van der Waals surface area contributed by atoms with Crippen molar-refractivity contribution in [2.75, 3.05) is 0 Å². The van der Waals surface area contributed by atoms with E-state index in [0.717, 1.165) is 0 Å². The molecule has 0 spiro atoms. The van der Waals surface area contributed by atoms with E-state index in [2.05, 4.69) is 0 Å². The van der Waals surface area contributed by atoms with E-state index in [4.69, 9.17) is 5.73 Å². The van der Waals surface area contributed by atoms with Crippen molar-refractivity contribution < 1.29 is 13.2 Å². The van der Waals surface area contributed by atoms with Gasteiger partial charge in [-0.3, -0.25) is 0 Å². The zero-order valence-corrected chi connectivity index (χ0v) is 8.00. The van der Waals surface area contributed by atoms with Crippen molar-refractivity contribution >= 4 is 12.4 Å². The third-order valence-electron chi connectivity index (χ3n) is 1.27. The summed E-state index contributed by atoms with van der Waals surface area (Å²) < 4.78 is 35.0. The largest absolute Gasteiger partial charge is 0.390 e. The van der Waals surface area contributed by atoms with Crippen LogP contribution in [-0.4, -0.2) is 12.2 Å². The van der Waals surface area contributed by atoms with Crippen molar-refractivity contribution in [3.63, 3.8) is 0 Å². The van der Waals surface area contributed by atoms with Crippen LogP contribution in [0.5, 0.6) is 0 Å². The van der Waals surface area contributed by atoms with Gasteiger partial charge in [-0.25, -0.2) is 0 Å². The second-order valence-electron chi connectivity index (χ2n) is 3.21. The number of alkyl halides is 3. The molecule has 0 aliphatic carbocycles. The molecule has 0 saturated carbocycles. The van der Waals surface area contributed by atoms with Gasteiger partial charge < -0.3 is 5.73 Å². The Bertz CT molecular complexity index is 114. The van der Waals surface area contributed by atoms with Crippen LogP contribution in [0.2, 0.25) is 0 Å². The number of hydrogen-bond acceptors (Lipinski definition) is 1. The summed E-state index contributed by atoms with van der Waals surface area (Å²) in [7, 11) is 0. The third kappa shape index (κ3) is 10.0. The van der Waals surface area contributed by atoms with Gasteiger partial charge in [-0.05, 0) is 12.3 Å². The molecule has 0 saturated heterocycles. The monoisotopic (exact) mass is 205 g/mol. The van der Waals surface area contributed by atoms with E-state index in [9.17, 15) is 13.2 Å². The first-order valence-corrected chi connectivity index (χ1v) is 3.63. The van der Waals surface area contributed by atoms with E-state index < -0.39 is 18.6 Å². The molecule has 0 fully saturated rings. The molecule has 1 nitrogen and oxygen atoms in total. The van der Waals surface area contributed by atoms with E-state index in [-0.39, 0.29) is 18.3 Å². The first-order valence-electron chi connectivity index (χ1n) is 3.63. The third-order valence-corrected chi connectivity index (χ3v) is 1.27. The van der Waals surface area contributed by atoms with Crippen LogP contribution in [0, 0.1) is 5.92 Å². The lowest BCUT2D eigenvalue weighted by molar-refractivity contribution is -0.138. The molecule has 0 aliphatic heterocycles. The van der Waals surface area contributed by atoms with Crippen molar-refractivity contribution in [3.05, 3.63) is 0 Å². The number of halogens is 4. The molecule has 0 bridgehead atoms.